The van der Waals surface area contributed by atoms with Crippen LogP contribution in [0.2, 0.25) is 0 Å². The lowest BCUT2D eigenvalue weighted by atomic mass is 9.96. The van der Waals surface area contributed by atoms with E-state index in [4.69, 9.17) is 0 Å². The minimum absolute atomic E-state index is 0.503. The van der Waals surface area contributed by atoms with Crippen LogP contribution in [0.1, 0.15) is 30.9 Å². The molecule has 1 fully saturated rings. The maximum atomic E-state index is 11.5. The van der Waals surface area contributed by atoms with E-state index in [0.29, 0.717) is 18.5 Å². The summed E-state index contributed by atoms with van der Waals surface area (Å²) in [6.45, 7) is 0.503. The summed E-state index contributed by atoms with van der Waals surface area (Å²) in [6, 6.07) is 7.21. The van der Waals surface area contributed by atoms with Crippen LogP contribution in [0.15, 0.2) is 30.3 Å². The molecule has 1 aliphatic heterocycles. The third-order valence-electron chi connectivity index (χ3n) is 3.51. The number of aliphatic carboxylic acids is 2. The van der Waals surface area contributed by atoms with Crippen LogP contribution in [0.5, 0.6) is 0 Å². The maximum Gasteiger partial charge on any atom is 0.325 e. The highest BCUT2D eigenvalue weighted by Crippen LogP contribution is 2.29. The van der Waals surface area contributed by atoms with Gasteiger partial charge < -0.3 is 10.2 Å². The van der Waals surface area contributed by atoms with Gasteiger partial charge in [-0.15, -0.1) is 0 Å². The summed E-state index contributed by atoms with van der Waals surface area (Å²) in [5, 5.41) is 18.7. The number of piperidine rings is 1. The van der Waals surface area contributed by atoms with Crippen molar-refractivity contribution < 1.29 is 19.8 Å². The fourth-order valence-electron chi connectivity index (χ4n) is 2.64. The van der Waals surface area contributed by atoms with E-state index in [0.717, 1.165) is 12.8 Å². The molecule has 5 heteroatoms. The fourth-order valence-corrected chi connectivity index (χ4v) is 2.64. The highest BCUT2D eigenvalue weighted by Gasteiger charge is 2.37. The Kier molecular flexibility index (Phi) is 4.16. The Bertz CT molecular complexity index is 460. The maximum absolute atomic E-state index is 11.5. The molecule has 2 rings (SSSR count). The number of carboxylic acid groups (broad SMARTS) is 2. The molecule has 0 bridgehead atoms. The molecule has 1 aromatic rings. The van der Waals surface area contributed by atoms with Crippen molar-refractivity contribution in [2.75, 3.05) is 6.54 Å². The van der Waals surface area contributed by atoms with Gasteiger partial charge in [-0.05, 0) is 18.4 Å². The molecule has 1 aliphatic rings. The first kappa shape index (κ1) is 13.5. The van der Waals surface area contributed by atoms with Crippen molar-refractivity contribution in [3.05, 3.63) is 35.9 Å². The van der Waals surface area contributed by atoms with Crippen molar-refractivity contribution in [2.45, 2.75) is 31.3 Å². The van der Waals surface area contributed by atoms with Crippen molar-refractivity contribution in [1.29, 1.82) is 0 Å². The zero-order valence-electron chi connectivity index (χ0n) is 10.5. The Morgan fingerprint density at radius 1 is 1.16 bits per heavy atom. The highest BCUT2D eigenvalue weighted by molar-refractivity contribution is 5.78. The standard InChI is InChI=1S/C14H17NO4/c16-13(17)11-8-4-5-9-15(11)12(14(18)19)10-6-2-1-3-7-10/h1-3,6-7,11-12H,4-5,8-9H2,(H,16,17)(H,18,19)/t11-,12?/m1/s1. The number of nitrogens with zero attached hydrogens (tertiary/aromatic N) is 1. The van der Waals surface area contributed by atoms with Gasteiger partial charge >= 0.3 is 11.9 Å². The van der Waals surface area contributed by atoms with Crippen molar-refractivity contribution >= 4 is 11.9 Å². The molecule has 102 valence electrons. The number of carboxylic acids is 2. The van der Waals surface area contributed by atoms with Crippen molar-refractivity contribution in [3.8, 4) is 0 Å². The van der Waals surface area contributed by atoms with Gasteiger partial charge in [0.2, 0.25) is 0 Å². The van der Waals surface area contributed by atoms with Gasteiger partial charge in [-0.25, -0.2) is 0 Å². The van der Waals surface area contributed by atoms with Crippen molar-refractivity contribution in [3.63, 3.8) is 0 Å². The quantitative estimate of drug-likeness (QED) is 0.865. The number of likely N-dealkylation sites (tertiary alicyclic amines) is 1. The molecule has 0 amide bonds. The van der Waals surface area contributed by atoms with Gasteiger partial charge in [-0.3, -0.25) is 14.5 Å². The second-order valence-electron chi connectivity index (χ2n) is 4.74. The molecule has 19 heavy (non-hydrogen) atoms. The third-order valence-corrected chi connectivity index (χ3v) is 3.51. The average molecular weight is 263 g/mol. The van der Waals surface area contributed by atoms with Gasteiger partial charge in [0.15, 0.2) is 0 Å². The van der Waals surface area contributed by atoms with Gasteiger partial charge in [0.25, 0.3) is 0 Å². The van der Waals surface area contributed by atoms with Crippen LogP contribution in [0.4, 0.5) is 0 Å². The smallest absolute Gasteiger partial charge is 0.325 e. The van der Waals surface area contributed by atoms with Gasteiger partial charge in [0.05, 0.1) is 0 Å². The van der Waals surface area contributed by atoms with E-state index in [1.54, 1.807) is 29.2 Å². The molecular weight excluding hydrogens is 246 g/mol. The normalized spacial score (nSPS) is 21.8. The van der Waals surface area contributed by atoms with Crippen LogP contribution in [0.25, 0.3) is 0 Å². The first-order chi connectivity index (χ1) is 9.11. The summed E-state index contributed by atoms with van der Waals surface area (Å²) in [5.41, 5.74) is 0.628. The van der Waals surface area contributed by atoms with Crippen LogP contribution >= 0.6 is 0 Å². The predicted octanol–water partition coefficient (Wildman–Crippen LogP) is 1.75. The minimum Gasteiger partial charge on any atom is -0.480 e. The summed E-state index contributed by atoms with van der Waals surface area (Å²) in [4.78, 5) is 24.4. The fraction of sp³-hybridized carbons (Fsp3) is 0.429. The van der Waals surface area contributed by atoms with Crippen LogP contribution in [-0.2, 0) is 9.59 Å². The molecule has 0 saturated carbocycles. The second-order valence-corrected chi connectivity index (χ2v) is 4.74. The molecule has 0 aliphatic carbocycles. The number of benzene rings is 1. The van der Waals surface area contributed by atoms with E-state index in [9.17, 15) is 19.8 Å². The zero-order valence-corrected chi connectivity index (χ0v) is 10.5. The highest BCUT2D eigenvalue weighted by atomic mass is 16.4. The molecule has 0 spiro atoms. The minimum atomic E-state index is -1.00. The molecule has 1 unspecified atom stereocenters. The third kappa shape index (κ3) is 2.93. The number of hydrogen-bond donors (Lipinski definition) is 2. The van der Waals surface area contributed by atoms with Gasteiger partial charge in [-0.2, -0.15) is 0 Å². The van der Waals surface area contributed by atoms with Crippen molar-refractivity contribution in [2.24, 2.45) is 0 Å². The Labute approximate surface area is 111 Å². The lowest BCUT2D eigenvalue weighted by molar-refractivity contribution is -0.152. The van der Waals surface area contributed by atoms with Gasteiger partial charge in [-0.1, -0.05) is 36.8 Å². The second kappa shape index (κ2) is 5.84. The van der Waals surface area contributed by atoms with E-state index in [-0.39, 0.29) is 0 Å². The Balaban J connectivity index is 2.32. The number of carbonyl (C=O) groups is 2. The molecule has 0 radical (unpaired) electrons. The Morgan fingerprint density at radius 2 is 1.84 bits per heavy atom. The van der Waals surface area contributed by atoms with E-state index >= 15 is 0 Å². The SMILES string of the molecule is O=C(O)C(c1ccccc1)N1CCCC[C@@H]1C(=O)O. The molecule has 1 saturated heterocycles. The zero-order chi connectivity index (χ0) is 13.8. The monoisotopic (exact) mass is 263 g/mol. The van der Waals surface area contributed by atoms with Gasteiger partial charge in [0.1, 0.15) is 12.1 Å². The summed E-state index contributed by atoms with van der Waals surface area (Å²) < 4.78 is 0. The summed E-state index contributed by atoms with van der Waals surface area (Å²) in [7, 11) is 0. The number of hydrogen-bond acceptors (Lipinski definition) is 3. The molecular formula is C14H17NO4. The molecule has 0 aromatic heterocycles. The largest absolute Gasteiger partial charge is 0.480 e. The van der Waals surface area contributed by atoms with Crippen LogP contribution in [0.3, 0.4) is 0 Å². The van der Waals surface area contributed by atoms with Crippen LogP contribution in [-0.4, -0.2) is 39.6 Å². The molecule has 2 atom stereocenters. The summed E-state index contributed by atoms with van der Waals surface area (Å²) in [5.74, 6) is -1.94. The topological polar surface area (TPSA) is 77.8 Å². The van der Waals surface area contributed by atoms with E-state index in [1.807, 2.05) is 6.07 Å². The van der Waals surface area contributed by atoms with Gasteiger partial charge in [0, 0.05) is 6.54 Å². The van der Waals surface area contributed by atoms with E-state index in [2.05, 4.69) is 0 Å². The van der Waals surface area contributed by atoms with E-state index in [1.165, 1.54) is 0 Å². The summed E-state index contributed by atoms with van der Waals surface area (Å²) >= 11 is 0. The Morgan fingerprint density at radius 3 is 2.42 bits per heavy atom. The summed E-state index contributed by atoms with van der Waals surface area (Å²) in [6.07, 6.45) is 2.17. The van der Waals surface area contributed by atoms with Crippen LogP contribution < -0.4 is 0 Å². The van der Waals surface area contributed by atoms with E-state index < -0.39 is 24.0 Å². The Hall–Kier alpha value is -1.88. The molecule has 1 aromatic carbocycles. The lowest BCUT2D eigenvalue weighted by Gasteiger charge is -2.37. The first-order valence-electron chi connectivity index (χ1n) is 6.37. The average Bonchev–Trinajstić information content (AvgIpc) is 2.40. The first-order valence-corrected chi connectivity index (χ1v) is 6.37. The predicted molar refractivity (Wildman–Crippen MR) is 68.8 cm³/mol. The lowest BCUT2D eigenvalue weighted by Crippen LogP contribution is -2.48. The molecule has 2 N–H and O–H groups in total. The molecule has 5 nitrogen and oxygen atoms in total. The van der Waals surface area contributed by atoms with Crippen LogP contribution in [0, 0.1) is 0 Å². The number of rotatable bonds is 4. The molecule has 1 heterocycles. The van der Waals surface area contributed by atoms with Crippen molar-refractivity contribution in [1.82, 2.24) is 4.90 Å².